The third-order valence-electron chi connectivity index (χ3n) is 1.48. The molecule has 2 nitrogen and oxygen atoms in total. The van der Waals surface area contributed by atoms with E-state index in [1.54, 1.807) is 6.07 Å². The molecule has 61 valence electrons. The second kappa shape index (κ2) is 4.47. The lowest BCUT2D eigenvalue weighted by Gasteiger charge is -1.97. The standard InChI is InChI=1S/C10H10NO/c1-2-4-9-5-3-6-10(7-9)11-8-12/h3-7H,2H2,1H3. The van der Waals surface area contributed by atoms with Gasteiger partial charge in [0.25, 0.3) is 0 Å². The number of carbonyl (C=O) groups excluding carboxylic acids is 1. The van der Waals surface area contributed by atoms with Gasteiger partial charge < -0.3 is 0 Å². The molecule has 0 heterocycles. The van der Waals surface area contributed by atoms with Crippen LogP contribution in [-0.4, -0.2) is 6.08 Å². The van der Waals surface area contributed by atoms with E-state index in [0.29, 0.717) is 5.69 Å². The number of rotatable bonds is 3. The average Bonchev–Trinajstić information content (AvgIpc) is 2.06. The van der Waals surface area contributed by atoms with Crippen molar-refractivity contribution in [3.8, 4) is 0 Å². The molecule has 0 saturated heterocycles. The Morgan fingerprint density at radius 1 is 1.58 bits per heavy atom. The van der Waals surface area contributed by atoms with Crippen LogP contribution in [0.3, 0.4) is 0 Å². The van der Waals surface area contributed by atoms with E-state index in [9.17, 15) is 4.79 Å². The Morgan fingerprint density at radius 2 is 2.42 bits per heavy atom. The number of benzene rings is 1. The number of isocyanates is 1. The van der Waals surface area contributed by atoms with Crippen molar-refractivity contribution in [3.05, 3.63) is 36.2 Å². The van der Waals surface area contributed by atoms with E-state index in [-0.39, 0.29) is 0 Å². The monoisotopic (exact) mass is 160 g/mol. The van der Waals surface area contributed by atoms with Crippen molar-refractivity contribution in [2.45, 2.75) is 13.3 Å². The molecule has 1 aromatic rings. The zero-order valence-corrected chi connectivity index (χ0v) is 6.95. The van der Waals surface area contributed by atoms with Crippen LogP contribution in [0.15, 0.2) is 29.3 Å². The zero-order valence-electron chi connectivity index (χ0n) is 6.95. The maximum Gasteiger partial charge on any atom is 0.240 e. The van der Waals surface area contributed by atoms with E-state index in [1.165, 1.54) is 6.08 Å². The highest BCUT2D eigenvalue weighted by Gasteiger charge is 1.92. The van der Waals surface area contributed by atoms with Gasteiger partial charge in [-0.25, -0.2) is 4.79 Å². The summed E-state index contributed by atoms with van der Waals surface area (Å²) in [4.78, 5) is 13.5. The maximum absolute atomic E-state index is 9.94. The molecular formula is C10H10NO. The SMILES string of the molecule is CC[CH]c1cccc(N=C=O)c1. The molecule has 0 amide bonds. The average molecular weight is 160 g/mol. The molecule has 0 fully saturated rings. The van der Waals surface area contributed by atoms with Crippen LogP contribution >= 0.6 is 0 Å². The Bertz CT molecular complexity index is 300. The number of nitrogens with zero attached hydrogens (tertiary/aromatic N) is 1. The van der Waals surface area contributed by atoms with Gasteiger partial charge in [-0.1, -0.05) is 19.1 Å². The third-order valence-corrected chi connectivity index (χ3v) is 1.48. The molecule has 2 heteroatoms. The molecule has 1 aromatic carbocycles. The van der Waals surface area contributed by atoms with Gasteiger partial charge in [0.15, 0.2) is 0 Å². The first kappa shape index (κ1) is 8.69. The van der Waals surface area contributed by atoms with Gasteiger partial charge in [0.1, 0.15) is 0 Å². The van der Waals surface area contributed by atoms with E-state index in [0.717, 1.165) is 12.0 Å². The van der Waals surface area contributed by atoms with Gasteiger partial charge in [-0.15, -0.1) is 0 Å². The van der Waals surface area contributed by atoms with Crippen LogP contribution in [-0.2, 0) is 4.79 Å². The molecule has 0 aliphatic heterocycles. The van der Waals surface area contributed by atoms with Crippen LogP contribution in [0, 0.1) is 6.42 Å². The van der Waals surface area contributed by atoms with E-state index in [2.05, 4.69) is 18.3 Å². The van der Waals surface area contributed by atoms with E-state index in [4.69, 9.17) is 0 Å². The summed E-state index contributed by atoms with van der Waals surface area (Å²) in [5.41, 5.74) is 1.75. The van der Waals surface area contributed by atoms with E-state index < -0.39 is 0 Å². The Morgan fingerprint density at radius 3 is 3.08 bits per heavy atom. The first-order valence-corrected chi connectivity index (χ1v) is 3.88. The highest BCUT2D eigenvalue weighted by atomic mass is 16.1. The minimum atomic E-state index is 0.659. The third kappa shape index (κ3) is 2.33. The van der Waals surface area contributed by atoms with Gasteiger partial charge >= 0.3 is 0 Å². The second-order valence-corrected chi connectivity index (χ2v) is 2.41. The quantitative estimate of drug-likeness (QED) is 0.493. The van der Waals surface area contributed by atoms with Crippen LogP contribution in [0.4, 0.5) is 5.69 Å². The summed E-state index contributed by atoms with van der Waals surface area (Å²) in [5.74, 6) is 0. The van der Waals surface area contributed by atoms with Crippen molar-refractivity contribution in [2.75, 3.05) is 0 Å². The lowest BCUT2D eigenvalue weighted by Crippen LogP contribution is -1.77. The fourth-order valence-electron chi connectivity index (χ4n) is 1.01. The predicted molar refractivity (Wildman–Crippen MR) is 47.9 cm³/mol. The van der Waals surface area contributed by atoms with E-state index in [1.807, 2.05) is 18.2 Å². The summed E-state index contributed by atoms with van der Waals surface area (Å²) in [7, 11) is 0. The summed E-state index contributed by atoms with van der Waals surface area (Å²) in [6, 6.07) is 7.48. The molecule has 0 bridgehead atoms. The van der Waals surface area contributed by atoms with Crippen molar-refractivity contribution < 1.29 is 4.79 Å². The van der Waals surface area contributed by atoms with Crippen LogP contribution < -0.4 is 0 Å². The highest BCUT2D eigenvalue weighted by molar-refractivity contribution is 5.50. The molecule has 0 unspecified atom stereocenters. The summed E-state index contributed by atoms with van der Waals surface area (Å²) in [6.45, 7) is 2.07. The second-order valence-electron chi connectivity index (χ2n) is 2.41. The van der Waals surface area contributed by atoms with Gasteiger partial charge in [0, 0.05) is 0 Å². The fraction of sp³-hybridized carbons (Fsp3) is 0.200. The molecule has 0 aliphatic carbocycles. The molecule has 0 N–H and O–H groups in total. The van der Waals surface area contributed by atoms with Crippen LogP contribution in [0.25, 0.3) is 0 Å². The molecule has 1 radical (unpaired) electrons. The van der Waals surface area contributed by atoms with Crippen LogP contribution in [0.1, 0.15) is 18.9 Å². The summed E-state index contributed by atoms with van der Waals surface area (Å²) >= 11 is 0. The van der Waals surface area contributed by atoms with Crippen molar-refractivity contribution in [2.24, 2.45) is 4.99 Å². The fourth-order valence-corrected chi connectivity index (χ4v) is 1.01. The summed E-state index contributed by atoms with van der Waals surface area (Å²) in [6.07, 6.45) is 4.57. The Kier molecular flexibility index (Phi) is 3.24. The molecule has 0 saturated carbocycles. The van der Waals surface area contributed by atoms with Crippen molar-refractivity contribution in [1.82, 2.24) is 0 Å². The van der Waals surface area contributed by atoms with Gasteiger partial charge in [-0.3, -0.25) is 0 Å². The predicted octanol–water partition coefficient (Wildman–Crippen LogP) is 2.62. The molecule has 0 aromatic heterocycles. The normalized spacial score (nSPS) is 9.08. The first-order valence-electron chi connectivity index (χ1n) is 3.88. The number of aliphatic imine (C=N–C) groups is 1. The molecule has 12 heavy (non-hydrogen) atoms. The lowest BCUT2D eigenvalue weighted by atomic mass is 10.1. The lowest BCUT2D eigenvalue weighted by molar-refractivity contribution is 0.565. The van der Waals surface area contributed by atoms with E-state index >= 15 is 0 Å². The first-order chi connectivity index (χ1) is 5.86. The van der Waals surface area contributed by atoms with Gasteiger partial charge in [-0.2, -0.15) is 4.99 Å². The van der Waals surface area contributed by atoms with Crippen LogP contribution in [0.5, 0.6) is 0 Å². The topological polar surface area (TPSA) is 29.4 Å². The minimum absolute atomic E-state index is 0.659. The largest absolute Gasteiger partial charge is 0.240 e. The van der Waals surface area contributed by atoms with Gasteiger partial charge in [-0.05, 0) is 30.5 Å². The number of hydrogen-bond donors (Lipinski definition) is 0. The summed E-state index contributed by atoms with van der Waals surface area (Å²) < 4.78 is 0. The maximum atomic E-state index is 9.94. The molecular weight excluding hydrogens is 150 g/mol. The van der Waals surface area contributed by atoms with Crippen molar-refractivity contribution in [1.29, 1.82) is 0 Å². The van der Waals surface area contributed by atoms with Gasteiger partial charge in [0.2, 0.25) is 6.08 Å². The number of hydrogen-bond acceptors (Lipinski definition) is 2. The van der Waals surface area contributed by atoms with Gasteiger partial charge in [0.05, 0.1) is 5.69 Å². The molecule has 0 spiro atoms. The van der Waals surface area contributed by atoms with Crippen molar-refractivity contribution in [3.63, 3.8) is 0 Å². The molecule has 0 atom stereocenters. The molecule has 0 aliphatic rings. The Hall–Kier alpha value is -1.40. The Balaban J connectivity index is 2.87. The highest BCUT2D eigenvalue weighted by Crippen LogP contribution is 2.15. The zero-order chi connectivity index (χ0) is 8.81. The summed E-state index contributed by atoms with van der Waals surface area (Å²) in [5, 5.41) is 0. The van der Waals surface area contributed by atoms with Crippen molar-refractivity contribution >= 4 is 11.8 Å². The Labute approximate surface area is 71.9 Å². The minimum Gasteiger partial charge on any atom is -0.211 e. The van der Waals surface area contributed by atoms with Crippen LogP contribution in [0.2, 0.25) is 0 Å². The smallest absolute Gasteiger partial charge is 0.211 e. The molecule has 1 rings (SSSR count).